The fourth-order valence-corrected chi connectivity index (χ4v) is 12.2. The lowest BCUT2D eigenvalue weighted by molar-refractivity contribution is -0.144. The largest absolute Gasteiger partial charge is 0.368 e. The molecule has 3 aromatic rings. The average Bonchev–Trinajstić information content (AvgIpc) is 4.04. The highest BCUT2D eigenvalue weighted by Gasteiger charge is 2.43. The molecule has 1 aromatic carbocycles. The fourth-order valence-electron chi connectivity index (χ4n) is 8.48. The normalized spacial score (nSPS) is 23.3. The molecule has 8 amide bonds. The molecule has 0 radical (unpaired) electrons. The Bertz CT molecular complexity index is 2690. The first kappa shape index (κ1) is 56.6. The monoisotopic (exact) mass is 1140 g/mol. The first-order valence-electron chi connectivity index (χ1n) is 23.4. The lowest BCUT2D eigenvalue weighted by Gasteiger charge is -2.35. The number of aryl methyl sites for hydroxylation is 1. The van der Waals surface area contributed by atoms with Crippen LogP contribution < -0.4 is 42.5 Å². The number of anilines is 1. The third-order valence-electron chi connectivity index (χ3n) is 12.4. The number of amides is 8. The van der Waals surface area contributed by atoms with Crippen LogP contribution in [0, 0.1) is 19.3 Å². The van der Waals surface area contributed by atoms with Crippen molar-refractivity contribution in [3.05, 3.63) is 71.7 Å². The zero-order valence-corrected chi connectivity index (χ0v) is 46.1. The minimum absolute atomic E-state index is 0.0367. The highest BCUT2D eigenvalue weighted by molar-refractivity contribution is 9.11. The number of fused-ring (bicyclic) bond motifs is 2. The Balaban J connectivity index is 1.27. The van der Waals surface area contributed by atoms with Crippen molar-refractivity contribution < 1.29 is 38.4 Å². The number of carbonyl (C=O) groups excluding carboxylic acids is 8. The summed E-state index contributed by atoms with van der Waals surface area (Å²) in [6.07, 6.45) is 0.652. The number of thioether (sulfide) groups is 1. The van der Waals surface area contributed by atoms with Crippen LogP contribution in [0.25, 0.3) is 0 Å². The smallest absolute Gasteiger partial charge is 0.246 e. The SMILES string of the molecule is C=N/N=C(/C)N1C[C@H](CC(=O)NC[C@H]2NC(=O)CNC(=O)[C@H](Cc3ccc(Br)s3)NC(=O)[C@@H]3CCCN3C(=O)C(C(C)(C)C)NC(=O)CSC[C@H](C(N)=O)NC2=O)N=C(c2ccc(Cl)cc2)c2c1sc(C)c2C. The molecule has 8 N–H and O–H groups in total. The van der Waals surface area contributed by atoms with Gasteiger partial charge in [0.15, 0.2) is 0 Å². The van der Waals surface area contributed by atoms with E-state index in [1.54, 1.807) is 63.3 Å². The Morgan fingerprint density at radius 3 is 2.34 bits per heavy atom. The standard InChI is InChI=1S/C48H60BrClN12O8S3/c1-24-25(2)72-47-39(24)40(27-10-12-28(50)13-11-27)55-29(21-62(47)26(3)60-52-7)17-36(63)53-19-32-44(68)58-33(42(51)66)22-71-23-38(65)59-41(48(4,5)6)46(70)61-16-8-9-34(61)45(69)57-31(18-30-14-15-35(49)73-30)43(67)54-20-37(64)56-32/h10-15,29,31-34,41H,7-9,16-23H2,1-6H3,(H2,51,66)(H,53,63)(H,54,67)(H,56,64)(H,57,69)(H,58,68)(H,59,65)/b60-26-/t29-,31-,32+,33+,34-,41?/m0/s1. The molecule has 0 spiro atoms. The van der Waals surface area contributed by atoms with Gasteiger partial charge in [0.05, 0.1) is 34.3 Å². The van der Waals surface area contributed by atoms with Crippen LogP contribution in [0.15, 0.2) is 55.4 Å². The van der Waals surface area contributed by atoms with Gasteiger partial charge in [-0.2, -0.15) is 5.10 Å². The van der Waals surface area contributed by atoms with Crippen LogP contribution in [0.3, 0.4) is 0 Å². The Kier molecular flexibility index (Phi) is 19.4. The molecule has 2 aromatic heterocycles. The molecule has 25 heteroatoms. The van der Waals surface area contributed by atoms with Crippen molar-refractivity contribution in [1.82, 2.24) is 36.8 Å². The lowest BCUT2D eigenvalue weighted by atomic mass is 9.85. The topological polar surface area (TPSA) is 278 Å². The molecule has 6 atom stereocenters. The second kappa shape index (κ2) is 25.0. The van der Waals surface area contributed by atoms with Crippen molar-refractivity contribution in [3.8, 4) is 0 Å². The van der Waals surface area contributed by atoms with Gasteiger partial charge in [-0.25, -0.2) is 0 Å². The maximum atomic E-state index is 14.2. The first-order chi connectivity index (χ1) is 34.5. The molecule has 0 aliphatic carbocycles. The molecular weight excluding hydrogens is 1080 g/mol. The van der Waals surface area contributed by atoms with E-state index in [2.05, 4.69) is 64.8 Å². The minimum Gasteiger partial charge on any atom is -0.368 e. The van der Waals surface area contributed by atoms with Gasteiger partial charge in [-0.3, -0.25) is 43.3 Å². The number of nitrogens with two attached hydrogens (primary N) is 1. The van der Waals surface area contributed by atoms with E-state index in [1.165, 1.54) is 16.2 Å². The van der Waals surface area contributed by atoms with Crippen LogP contribution in [-0.4, -0.2) is 144 Å². The van der Waals surface area contributed by atoms with Gasteiger partial charge in [-0.15, -0.1) is 39.5 Å². The number of nitrogens with one attached hydrogen (secondary N) is 6. The van der Waals surface area contributed by atoms with Crippen molar-refractivity contribution in [1.29, 1.82) is 0 Å². The van der Waals surface area contributed by atoms with Crippen LogP contribution in [-0.2, 0) is 44.8 Å². The molecule has 6 rings (SSSR count). The number of halogens is 2. The number of amidine groups is 1. The molecular formula is C48H60BrClN12O8S3. The predicted octanol–water partition coefficient (Wildman–Crippen LogP) is 2.98. The highest BCUT2D eigenvalue weighted by atomic mass is 79.9. The van der Waals surface area contributed by atoms with Crippen molar-refractivity contribution in [2.24, 2.45) is 26.3 Å². The summed E-state index contributed by atoms with van der Waals surface area (Å²) in [6.45, 7) is 13.9. The maximum Gasteiger partial charge on any atom is 0.246 e. The van der Waals surface area contributed by atoms with Gasteiger partial charge in [-0.1, -0.05) is 44.5 Å². The van der Waals surface area contributed by atoms with Gasteiger partial charge in [0, 0.05) is 64.4 Å². The third kappa shape index (κ3) is 14.8. The first-order valence-corrected chi connectivity index (χ1v) is 27.4. The molecule has 3 aliphatic heterocycles. The van der Waals surface area contributed by atoms with E-state index in [-0.39, 0.29) is 37.4 Å². The number of thiophene rings is 2. The van der Waals surface area contributed by atoms with Gasteiger partial charge in [-0.05, 0) is 84.8 Å². The van der Waals surface area contributed by atoms with E-state index in [0.29, 0.717) is 29.4 Å². The summed E-state index contributed by atoms with van der Waals surface area (Å²) in [5, 5.41) is 25.4. The van der Waals surface area contributed by atoms with Gasteiger partial charge < -0.3 is 47.4 Å². The molecule has 2 fully saturated rings. The summed E-state index contributed by atoms with van der Waals surface area (Å²) in [5.41, 5.74) is 8.19. The van der Waals surface area contributed by atoms with Gasteiger partial charge in [0.2, 0.25) is 47.3 Å². The second-order valence-corrected chi connectivity index (χ2v) is 24.1. The molecule has 5 heterocycles. The summed E-state index contributed by atoms with van der Waals surface area (Å²) in [7, 11) is 0. The van der Waals surface area contributed by atoms with E-state index < -0.39 is 102 Å². The summed E-state index contributed by atoms with van der Waals surface area (Å²) in [6, 6.07) is 4.01. The molecule has 0 bridgehead atoms. The number of carbonyl (C=O) groups is 8. The molecule has 1 unspecified atom stereocenters. The summed E-state index contributed by atoms with van der Waals surface area (Å²) in [4.78, 5) is 121. The zero-order chi connectivity index (χ0) is 53.3. The summed E-state index contributed by atoms with van der Waals surface area (Å²) in [5.74, 6) is -5.48. The zero-order valence-electron chi connectivity index (χ0n) is 41.3. The van der Waals surface area contributed by atoms with E-state index in [4.69, 9.17) is 22.3 Å². The third-order valence-corrected chi connectivity index (χ3v) is 16.5. The van der Waals surface area contributed by atoms with Gasteiger partial charge in [0.25, 0.3) is 0 Å². The number of hydrogen-bond donors (Lipinski definition) is 7. The van der Waals surface area contributed by atoms with E-state index in [0.717, 1.165) is 47.0 Å². The molecule has 3 aliphatic rings. The van der Waals surface area contributed by atoms with Crippen molar-refractivity contribution >= 4 is 132 Å². The quantitative estimate of drug-likeness (QED) is 0.0935. The Labute approximate surface area is 449 Å². The predicted molar refractivity (Wildman–Crippen MR) is 289 cm³/mol. The van der Waals surface area contributed by atoms with Gasteiger partial charge in [0.1, 0.15) is 41.0 Å². The fraction of sp³-hybridized carbons (Fsp3) is 0.479. The van der Waals surface area contributed by atoms with Gasteiger partial charge >= 0.3 is 0 Å². The molecule has 392 valence electrons. The second-order valence-electron chi connectivity index (χ2n) is 18.9. The van der Waals surface area contributed by atoms with Crippen molar-refractivity contribution in [2.45, 2.75) is 103 Å². The number of hydrogen-bond acceptors (Lipinski definition) is 14. The number of nitrogens with zero attached hydrogens (tertiary/aromatic N) is 5. The van der Waals surface area contributed by atoms with Crippen LogP contribution in [0.2, 0.25) is 5.02 Å². The maximum absolute atomic E-state index is 14.2. The Morgan fingerprint density at radius 1 is 0.959 bits per heavy atom. The van der Waals surface area contributed by atoms with Crippen LogP contribution in [0.4, 0.5) is 5.00 Å². The van der Waals surface area contributed by atoms with E-state index in [1.807, 2.05) is 30.9 Å². The van der Waals surface area contributed by atoms with Crippen LogP contribution in [0.1, 0.15) is 73.4 Å². The Morgan fingerprint density at radius 2 is 1.68 bits per heavy atom. The summed E-state index contributed by atoms with van der Waals surface area (Å²) >= 11 is 13.6. The molecule has 20 nitrogen and oxygen atoms in total. The number of aliphatic imine (C=N–C) groups is 1. The number of primary amides is 1. The summed E-state index contributed by atoms with van der Waals surface area (Å²) < 4.78 is 0.784. The number of rotatable bonds is 9. The lowest BCUT2D eigenvalue weighted by Crippen LogP contribution is -2.59. The van der Waals surface area contributed by atoms with Crippen molar-refractivity contribution in [2.75, 3.05) is 42.6 Å². The number of benzene rings is 1. The van der Waals surface area contributed by atoms with E-state index >= 15 is 0 Å². The molecule has 2 saturated heterocycles. The molecule has 73 heavy (non-hydrogen) atoms. The van der Waals surface area contributed by atoms with Crippen molar-refractivity contribution in [3.63, 3.8) is 0 Å². The molecule has 0 saturated carbocycles. The van der Waals surface area contributed by atoms with Crippen LogP contribution >= 0.6 is 62.0 Å². The highest BCUT2D eigenvalue weighted by Crippen LogP contribution is 2.40. The minimum atomic E-state index is -1.52. The average molecular weight is 1140 g/mol. The van der Waals surface area contributed by atoms with Crippen LogP contribution in [0.5, 0.6) is 0 Å². The van der Waals surface area contributed by atoms with E-state index in [9.17, 15) is 38.4 Å². The Hall–Kier alpha value is -5.69.